The van der Waals surface area contributed by atoms with E-state index in [0.29, 0.717) is 15.4 Å². The lowest BCUT2D eigenvalue weighted by Crippen LogP contribution is -2.41. The van der Waals surface area contributed by atoms with Crippen LogP contribution in [-0.2, 0) is 0 Å². The van der Waals surface area contributed by atoms with Crippen LogP contribution in [0.3, 0.4) is 0 Å². The number of nitrogens with one attached hydrogen (secondary N) is 2. The molecule has 0 spiro atoms. The highest BCUT2D eigenvalue weighted by atomic mass is 32.1. The Kier molecular flexibility index (Phi) is 4.49. The summed E-state index contributed by atoms with van der Waals surface area (Å²) in [5.74, 6) is -0.796. The second-order valence-electron chi connectivity index (χ2n) is 5.86. The normalized spacial score (nSPS) is 10.9. The first-order chi connectivity index (χ1) is 11.8. The Morgan fingerprint density at radius 1 is 1.00 bits per heavy atom. The van der Waals surface area contributed by atoms with Crippen LogP contribution in [0.5, 0.6) is 0 Å². The van der Waals surface area contributed by atoms with Crippen LogP contribution < -0.4 is 16.6 Å². The fourth-order valence-electron chi connectivity index (χ4n) is 2.55. The zero-order valence-electron chi connectivity index (χ0n) is 14.3. The van der Waals surface area contributed by atoms with E-state index in [9.17, 15) is 9.59 Å². The van der Waals surface area contributed by atoms with Crippen molar-refractivity contribution in [2.45, 2.75) is 27.7 Å². The van der Waals surface area contributed by atoms with Crippen LogP contribution in [0, 0.1) is 27.7 Å². The van der Waals surface area contributed by atoms with Crippen molar-refractivity contribution in [2.24, 2.45) is 0 Å². The summed E-state index contributed by atoms with van der Waals surface area (Å²) in [5, 5.41) is 0.789. The highest BCUT2D eigenvalue weighted by molar-refractivity contribution is 7.21. The van der Waals surface area contributed by atoms with Crippen molar-refractivity contribution in [1.29, 1.82) is 0 Å². The van der Waals surface area contributed by atoms with Gasteiger partial charge in [0.2, 0.25) is 0 Å². The number of hydrogen-bond donors (Lipinski definition) is 3. The molecule has 3 heterocycles. The van der Waals surface area contributed by atoms with Crippen LogP contribution in [0.2, 0.25) is 0 Å². The van der Waals surface area contributed by atoms with Crippen LogP contribution in [0.15, 0.2) is 12.1 Å². The summed E-state index contributed by atoms with van der Waals surface area (Å²) in [6, 6.07) is 3.72. The molecule has 0 aliphatic heterocycles. The third-order valence-corrected chi connectivity index (χ3v) is 6.16. The summed E-state index contributed by atoms with van der Waals surface area (Å²) in [7, 11) is 0. The van der Waals surface area contributed by atoms with Crippen LogP contribution in [0.25, 0.3) is 10.2 Å². The monoisotopic (exact) mass is 374 g/mol. The van der Waals surface area contributed by atoms with E-state index >= 15 is 0 Å². The molecule has 0 unspecified atom stereocenters. The van der Waals surface area contributed by atoms with Gasteiger partial charge in [0.1, 0.15) is 9.71 Å². The third-order valence-electron chi connectivity index (χ3n) is 3.91. The standard InChI is InChI=1S/C17H18N4O2S2/c1-7-6-11(24-10(7)4)15(22)20-21-16(23)14-13(18)12-8(2)5-9(3)19-17(12)25-14/h5-6H,18H2,1-4H3,(H,20,22)(H,21,23). The minimum Gasteiger partial charge on any atom is -0.397 e. The van der Waals surface area contributed by atoms with Gasteiger partial charge in [0.05, 0.1) is 10.6 Å². The Morgan fingerprint density at radius 2 is 1.68 bits per heavy atom. The molecule has 0 fully saturated rings. The summed E-state index contributed by atoms with van der Waals surface area (Å²) < 4.78 is 0. The van der Waals surface area contributed by atoms with E-state index < -0.39 is 5.91 Å². The largest absolute Gasteiger partial charge is 0.397 e. The highest BCUT2D eigenvalue weighted by Gasteiger charge is 2.20. The molecule has 8 heteroatoms. The summed E-state index contributed by atoms with van der Waals surface area (Å²) >= 11 is 2.60. The molecule has 2 amide bonds. The molecule has 0 aliphatic rings. The molecule has 0 aliphatic carbocycles. The number of amides is 2. The van der Waals surface area contributed by atoms with E-state index in [0.717, 1.165) is 31.9 Å². The maximum absolute atomic E-state index is 12.4. The Morgan fingerprint density at radius 3 is 2.32 bits per heavy atom. The highest BCUT2D eigenvalue weighted by Crippen LogP contribution is 2.34. The fraction of sp³-hybridized carbons (Fsp3) is 0.235. The topological polar surface area (TPSA) is 97.1 Å². The first-order valence-corrected chi connectivity index (χ1v) is 9.25. The number of hydrogen-bond acceptors (Lipinski definition) is 6. The number of nitrogens with zero attached hydrogens (tertiary/aromatic N) is 1. The van der Waals surface area contributed by atoms with E-state index in [2.05, 4.69) is 15.8 Å². The van der Waals surface area contributed by atoms with Crippen molar-refractivity contribution in [3.8, 4) is 0 Å². The van der Waals surface area contributed by atoms with Crippen LogP contribution in [-0.4, -0.2) is 16.8 Å². The van der Waals surface area contributed by atoms with Gasteiger partial charge in [-0.25, -0.2) is 4.98 Å². The van der Waals surface area contributed by atoms with Gasteiger partial charge in [-0.15, -0.1) is 22.7 Å². The lowest BCUT2D eigenvalue weighted by Gasteiger charge is -2.05. The Balaban J connectivity index is 1.79. The van der Waals surface area contributed by atoms with E-state index in [4.69, 9.17) is 5.73 Å². The molecular weight excluding hydrogens is 356 g/mol. The number of hydrazine groups is 1. The number of carbonyl (C=O) groups is 2. The van der Waals surface area contributed by atoms with Crippen molar-refractivity contribution in [3.05, 3.63) is 43.6 Å². The number of pyridine rings is 1. The van der Waals surface area contributed by atoms with Gasteiger partial charge in [0.25, 0.3) is 11.8 Å². The molecule has 3 aromatic heterocycles. The predicted octanol–water partition coefficient (Wildman–Crippen LogP) is 3.25. The summed E-state index contributed by atoms with van der Waals surface area (Å²) in [4.78, 5) is 31.7. The molecule has 0 bridgehead atoms. The predicted molar refractivity (Wildman–Crippen MR) is 102 cm³/mol. The summed E-state index contributed by atoms with van der Waals surface area (Å²) in [6.07, 6.45) is 0. The SMILES string of the molecule is Cc1cc(C)c2c(N)c(C(=O)NNC(=O)c3cc(C)c(C)s3)sc2n1. The van der Waals surface area contributed by atoms with Crippen molar-refractivity contribution >= 4 is 50.4 Å². The van der Waals surface area contributed by atoms with Gasteiger partial charge in [0, 0.05) is 16.0 Å². The Bertz CT molecular complexity index is 984. The van der Waals surface area contributed by atoms with Crippen LogP contribution >= 0.6 is 22.7 Å². The molecule has 0 saturated carbocycles. The molecule has 25 heavy (non-hydrogen) atoms. The van der Waals surface area contributed by atoms with Gasteiger partial charge >= 0.3 is 0 Å². The Hall–Kier alpha value is -2.45. The number of aromatic nitrogens is 1. The van der Waals surface area contributed by atoms with Crippen LogP contribution in [0.1, 0.15) is 41.0 Å². The number of anilines is 1. The number of carbonyl (C=O) groups excluding carboxylic acids is 2. The van der Waals surface area contributed by atoms with Crippen molar-refractivity contribution in [1.82, 2.24) is 15.8 Å². The van der Waals surface area contributed by atoms with Gasteiger partial charge in [-0.05, 0) is 51.0 Å². The van der Waals surface area contributed by atoms with Crippen molar-refractivity contribution in [2.75, 3.05) is 5.73 Å². The van der Waals surface area contributed by atoms with Gasteiger partial charge in [0.15, 0.2) is 0 Å². The van der Waals surface area contributed by atoms with Crippen molar-refractivity contribution < 1.29 is 9.59 Å². The lowest BCUT2D eigenvalue weighted by atomic mass is 10.1. The number of fused-ring (bicyclic) bond motifs is 1. The first-order valence-electron chi connectivity index (χ1n) is 7.62. The number of nitrogens with two attached hydrogens (primary N) is 1. The van der Waals surface area contributed by atoms with Gasteiger partial charge < -0.3 is 5.73 Å². The number of nitrogen functional groups attached to an aromatic ring is 1. The molecule has 0 atom stereocenters. The third kappa shape index (κ3) is 3.22. The van der Waals surface area contributed by atoms with E-state index in [1.165, 1.54) is 22.7 Å². The molecule has 0 radical (unpaired) electrons. The maximum atomic E-state index is 12.4. The second-order valence-corrected chi connectivity index (χ2v) is 8.12. The van der Waals surface area contributed by atoms with E-state index in [1.54, 1.807) is 6.07 Å². The fourth-order valence-corrected chi connectivity index (χ4v) is 4.60. The van der Waals surface area contributed by atoms with Gasteiger partial charge in [-0.1, -0.05) is 0 Å². The maximum Gasteiger partial charge on any atom is 0.281 e. The minimum absolute atomic E-state index is 0.343. The molecule has 130 valence electrons. The summed E-state index contributed by atoms with van der Waals surface area (Å²) in [6.45, 7) is 7.72. The van der Waals surface area contributed by atoms with Crippen molar-refractivity contribution in [3.63, 3.8) is 0 Å². The second kappa shape index (κ2) is 6.45. The average Bonchev–Trinajstić information content (AvgIpc) is 3.05. The number of rotatable bonds is 2. The average molecular weight is 374 g/mol. The zero-order chi connectivity index (χ0) is 18.3. The summed E-state index contributed by atoms with van der Waals surface area (Å²) in [5.41, 5.74) is 14.3. The zero-order valence-corrected chi connectivity index (χ0v) is 15.9. The molecule has 0 saturated heterocycles. The smallest absolute Gasteiger partial charge is 0.281 e. The first kappa shape index (κ1) is 17.4. The van der Waals surface area contributed by atoms with E-state index in [1.807, 2.05) is 33.8 Å². The lowest BCUT2D eigenvalue weighted by molar-refractivity contribution is 0.0851. The van der Waals surface area contributed by atoms with E-state index in [-0.39, 0.29) is 5.91 Å². The molecule has 4 N–H and O–H groups in total. The van der Waals surface area contributed by atoms with Gasteiger partial charge in [-0.3, -0.25) is 20.4 Å². The molecule has 6 nitrogen and oxygen atoms in total. The minimum atomic E-state index is -0.448. The molecule has 3 aromatic rings. The van der Waals surface area contributed by atoms with Gasteiger partial charge in [-0.2, -0.15) is 0 Å². The van der Waals surface area contributed by atoms with Crippen LogP contribution in [0.4, 0.5) is 5.69 Å². The molecular formula is C17H18N4O2S2. The molecule has 3 rings (SSSR count). The quantitative estimate of drug-likeness (QED) is 0.600. The Labute approximate surface area is 153 Å². The molecule has 0 aromatic carbocycles. The number of thiophene rings is 2. The number of aryl methyl sites for hydroxylation is 4.